The first-order valence-corrected chi connectivity index (χ1v) is 6.01. The molecule has 1 aromatic heterocycles. The van der Waals surface area contributed by atoms with Gasteiger partial charge in [0.05, 0.1) is 17.1 Å². The molecule has 3 aromatic rings. The van der Waals surface area contributed by atoms with Crippen LogP contribution < -0.4 is 5.73 Å². The number of nitrogens with two attached hydrogens (primary N) is 1. The Morgan fingerprint density at radius 2 is 1.83 bits per heavy atom. The minimum absolute atomic E-state index is 0.210. The van der Waals surface area contributed by atoms with Crippen LogP contribution in [0.4, 0.5) is 0 Å². The number of rotatable bonds is 2. The number of imidazole rings is 1. The molecule has 3 N–H and O–H groups in total. The van der Waals surface area contributed by atoms with Gasteiger partial charge in [0.15, 0.2) is 0 Å². The highest BCUT2D eigenvalue weighted by molar-refractivity contribution is 5.78. The maximum Gasteiger partial charge on any atom is 0.128 e. The monoisotopic (exact) mass is 237 g/mol. The summed E-state index contributed by atoms with van der Waals surface area (Å²) in [7, 11) is 0. The molecule has 3 rings (SSSR count). The number of fused-ring (bicyclic) bond motifs is 1. The Morgan fingerprint density at radius 1 is 1.06 bits per heavy atom. The fourth-order valence-corrected chi connectivity index (χ4v) is 2.16. The van der Waals surface area contributed by atoms with Crippen LogP contribution in [0.15, 0.2) is 48.5 Å². The van der Waals surface area contributed by atoms with Crippen molar-refractivity contribution in [3.8, 4) is 0 Å². The van der Waals surface area contributed by atoms with Gasteiger partial charge in [0, 0.05) is 0 Å². The van der Waals surface area contributed by atoms with Crippen molar-refractivity contribution >= 4 is 11.0 Å². The maximum absolute atomic E-state index is 6.24. The Labute approximate surface area is 106 Å². The third-order valence-electron chi connectivity index (χ3n) is 3.19. The first kappa shape index (κ1) is 11.0. The highest BCUT2D eigenvalue weighted by Crippen LogP contribution is 2.21. The third kappa shape index (κ3) is 1.79. The molecule has 2 aromatic carbocycles. The van der Waals surface area contributed by atoms with Gasteiger partial charge in [-0.15, -0.1) is 0 Å². The van der Waals surface area contributed by atoms with E-state index in [2.05, 4.69) is 23.0 Å². The Morgan fingerprint density at radius 3 is 2.56 bits per heavy atom. The van der Waals surface area contributed by atoms with E-state index in [0.717, 1.165) is 28.0 Å². The second-order valence-corrected chi connectivity index (χ2v) is 4.48. The van der Waals surface area contributed by atoms with Gasteiger partial charge in [-0.05, 0) is 24.1 Å². The Bertz CT molecular complexity index is 671. The molecule has 3 nitrogen and oxygen atoms in total. The summed E-state index contributed by atoms with van der Waals surface area (Å²) in [6.07, 6.45) is 0. The lowest BCUT2D eigenvalue weighted by molar-refractivity contribution is 0.805. The molecule has 0 saturated carbocycles. The molecule has 18 heavy (non-hydrogen) atoms. The van der Waals surface area contributed by atoms with E-state index in [1.807, 2.05) is 42.5 Å². The molecule has 0 fully saturated rings. The van der Waals surface area contributed by atoms with E-state index in [0.29, 0.717) is 0 Å². The highest BCUT2D eigenvalue weighted by Gasteiger charge is 2.13. The molecule has 1 heterocycles. The summed E-state index contributed by atoms with van der Waals surface area (Å²) in [6.45, 7) is 2.06. The van der Waals surface area contributed by atoms with E-state index in [1.165, 1.54) is 0 Å². The summed E-state index contributed by atoms with van der Waals surface area (Å²) >= 11 is 0. The van der Waals surface area contributed by atoms with Crippen molar-refractivity contribution in [3.63, 3.8) is 0 Å². The lowest BCUT2D eigenvalue weighted by Crippen LogP contribution is -2.13. The molecule has 0 bridgehead atoms. The number of para-hydroxylation sites is 1. The number of hydrogen-bond donors (Lipinski definition) is 2. The Balaban J connectivity index is 2.07. The smallest absolute Gasteiger partial charge is 0.128 e. The minimum Gasteiger partial charge on any atom is -0.340 e. The molecule has 0 aliphatic heterocycles. The SMILES string of the molecule is Cc1cccc2[nH]c(C(N)c3ccccc3)nc12. The van der Waals surface area contributed by atoms with Gasteiger partial charge in [0.1, 0.15) is 5.82 Å². The average Bonchev–Trinajstić information content (AvgIpc) is 2.84. The summed E-state index contributed by atoms with van der Waals surface area (Å²) in [6, 6.07) is 15.9. The summed E-state index contributed by atoms with van der Waals surface area (Å²) in [5.41, 5.74) is 10.5. The molecule has 1 unspecified atom stereocenters. The van der Waals surface area contributed by atoms with Gasteiger partial charge in [-0.25, -0.2) is 4.98 Å². The summed E-state index contributed by atoms with van der Waals surface area (Å²) < 4.78 is 0. The van der Waals surface area contributed by atoms with E-state index in [4.69, 9.17) is 5.73 Å². The molecule has 1 atom stereocenters. The van der Waals surface area contributed by atoms with Gasteiger partial charge in [-0.2, -0.15) is 0 Å². The van der Waals surface area contributed by atoms with Crippen LogP contribution in [0, 0.1) is 6.92 Å². The maximum atomic E-state index is 6.24. The zero-order valence-corrected chi connectivity index (χ0v) is 10.2. The van der Waals surface area contributed by atoms with Crippen LogP contribution in [-0.4, -0.2) is 9.97 Å². The van der Waals surface area contributed by atoms with Crippen LogP contribution in [0.25, 0.3) is 11.0 Å². The van der Waals surface area contributed by atoms with E-state index in [9.17, 15) is 0 Å². The number of hydrogen-bond acceptors (Lipinski definition) is 2. The van der Waals surface area contributed by atoms with Crippen LogP contribution in [0.1, 0.15) is 23.0 Å². The highest BCUT2D eigenvalue weighted by atomic mass is 15.0. The van der Waals surface area contributed by atoms with Crippen molar-refractivity contribution in [2.75, 3.05) is 0 Å². The average molecular weight is 237 g/mol. The van der Waals surface area contributed by atoms with Crippen molar-refractivity contribution in [2.45, 2.75) is 13.0 Å². The second-order valence-electron chi connectivity index (χ2n) is 4.48. The van der Waals surface area contributed by atoms with Gasteiger partial charge >= 0.3 is 0 Å². The molecule has 90 valence electrons. The van der Waals surface area contributed by atoms with E-state index in [-0.39, 0.29) is 6.04 Å². The Hall–Kier alpha value is -2.13. The van der Waals surface area contributed by atoms with Crippen molar-refractivity contribution in [3.05, 3.63) is 65.5 Å². The van der Waals surface area contributed by atoms with Crippen molar-refractivity contribution in [1.29, 1.82) is 0 Å². The van der Waals surface area contributed by atoms with Gasteiger partial charge in [-0.3, -0.25) is 0 Å². The van der Waals surface area contributed by atoms with Crippen molar-refractivity contribution < 1.29 is 0 Å². The molecule has 0 spiro atoms. The number of benzene rings is 2. The first-order chi connectivity index (χ1) is 8.75. The summed E-state index contributed by atoms with van der Waals surface area (Å²) in [5.74, 6) is 0.811. The molecule has 0 aliphatic carbocycles. The van der Waals surface area contributed by atoms with Crippen molar-refractivity contribution in [2.24, 2.45) is 5.73 Å². The number of H-pyrrole nitrogens is 1. The molecule has 0 aliphatic rings. The molecule has 0 amide bonds. The van der Waals surface area contributed by atoms with E-state index < -0.39 is 0 Å². The fourth-order valence-electron chi connectivity index (χ4n) is 2.16. The minimum atomic E-state index is -0.210. The number of aryl methyl sites for hydroxylation is 1. The predicted molar refractivity (Wildman–Crippen MR) is 73.3 cm³/mol. The standard InChI is InChI=1S/C15H15N3/c1-10-6-5-9-12-14(10)18-15(17-12)13(16)11-7-3-2-4-8-11/h2-9,13H,16H2,1H3,(H,17,18). The van der Waals surface area contributed by atoms with Gasteiger partial charge < -0.3 is 10.7 Å². The van der Waals surface area contributed by atoms with E-state index in [1.54, 1.807) is 0 Å². The number of aromatic nitrogens is 2. The van der Waals surface area contributed by atoms with Gasteiger partial charge in [0.25, 0.3) is 0 Å². The second kappa shape index (κ2) is 4.27. The topological polar surface area (TPSA) is 54.7 Å². The zero-order chi connectivity index (χ0) is 12.5. The van der Waals surface area contributed by atoms with Crippen LogP contribution in [-0.2, 0) is 0 Å². The van der Waals surface area contributed by atoms with Gasteiger partial charge in [0.2, 0.25) is 0 Å². The summed E-state index contributed by atoms with van der Waals surface area (Å²) in [4.78, 5) is 7.91. The normalized spacial score (nSPS) is 12.8. The van der Waals surface area contributed by atoms with Crippen LogP contribution in [0.3, 0.4) is 0 Å². The zero-order valence-electron chi connectivity index (χ0n) is 10.2. The lowest BCUT2D eigenvalue weighted by atomic mass is 10.1. The molecular formula is C15H15N3. The van der Waals surface area contributed by atoms with Gasteiger partial charge in [-0.1, -0.05) is 42.5 Å². The molecule has 0 saturated heterocycles. The fraction of sp³-hybridized carbons (Fsp3) is 0.133. The number of nitrogens with one attached hydrogen (secondary N) is 1. The van der Waals surface area contributed by atoms with Crippen LogP contribution >= 0.6 is 0 Å². The summed E-state index contributed by atoms with van der Waals surface area (Å²) in [5, 5.41) is 0. The van der Waals surface area contributed by atoms with Crippen LogP contribution in [0.2, 0.25) is 0 Å². The lowest BCUT2D eigenvalue weighted by Gasteiger charge is -2.08. The molecule has 3 heteroatoms. The van der Waals surface area contributed by atoms with E-state index >= 15 is 0 Å². The molecule has 0 radical (unpaired) electrons. The Kier molecular flexibility index (Phi) is 2.61. The number of nitrogens with zero attached hydrogens (tertiary/aromatic N) is 1. The largest absolute Gasteiger partial charge is 0.340 e. The molecular weight excluding hydrogens is 222 g/mol. The number of aromatic amines is 1. The quantitative estimate of drug-likeness (QED) is 0.720. The predicted octanol–water partition coefficient (Wildman–Crippen LogP) is 2.92. The van der Waals surface area contributed by atoms with Crippen molar-refractivity contribution in [1.82, 2.24) is 9.97 Å². The first-order valence-electron chi connectivity index (χ1n) is 6.01. The van der Waals surface area contributed by atoms with Crippen LogP contribution in [0.5, 0.6) is 0 Å². The third-order valence-corrected chi connectivity index (χ3v) is 3.19.